The van der Waals surface area contributed by atoms with Gasteiger partial charge in [-0.25, -0.2) is 14.8 Å². The molecule has 4 N–H and O–H groups in total. The van der Waals surface area contributed by atoms with E-state index in [0.717, 1.165) is 85.7 Å². The smallest absolute Gasteiger partial charge is 0.407 e. The summed E-state index contributed by atoms with van der Waals surface area (Å²) in [5, 5.41) is 7.64. The molecule has 14 heteroatoms. The average molecular weight is 767 g/mol. The van der Waals surface area contributed by atoms with Crippen LogP contribution in [0.3, 0.4) is 0 Å². The first-order chi connectivity index (χ1) is 26.3. The standard InChI is InChI=1S/C41H50N8O5S/c1-21(2)33(43-24(6)50)39(51)48-16-8-10-30(48)37-42-20-29(45-37)32-18-23(5)36(55-32)26-12-14-27-25(19-26)13-15-28-35(27)46-38(44-28)31-11-9-17-49(31)40(52)34(22(3)4)47-41(53)54-7/h12-15,18-22,30-31,33-34H,8-11,16-17H2,1-7H3,(H,42,45)(H,43,50)(H,44,46)(H,47,53)/t30-,31-,33-,34-/m0/s1. The predicted molar refractivity (Wildman–Crippen MR) is 213 cm³/mol. The molecule has 0 bridgehead atoms. The number of H-pyrrole nitrogens is 2. The van der Waals surface area contributed by atoms with Gasteiger partial charge in [-0.15, -0.1) is 11.3 Å². The van der Waals surface area contributed by atoms with Crippen molar-refractivity contribution in [3.63, 3.8) is 0 Å². The molecule has 290 valence electrons. The van der Waals surface area contributed by atoms with E-state index in [2.05, 4.69) is 57.9 Å². The van der Waals surface area contributed by atoms with Gasteiger partial charge in [0, 0.05) is 30.3 Å². The number of fused-ring (bicyclic) bond motifs is 3. The Bertz CT molecular complexity index is 2250. The summed E-state index contributed by atoms with van der Waals surface area (Å²) in [6.45, 7) is 12.5. The van der Waals surface area contributed by atoms with E-state index in [0.29, 0.717) is 13.1 Å². The number of benzene rings is 2. The number of aryl methyl sites for hydroxylation is 1. The third kappa shape index (κ3) is 7.43. The Kier molecular flexibility index (Phi) is 10.7. The summed E-state index contributed by atoms with van der Waals surface area (Å²) >= 11 is 1.70. The molecule has 2 fully saturated rings. The summed E-state index contributed by atoms with van der Waals surface area (Å²) in [5.41, 5.74) is 4.93. The van der Waals surface area contributed by atoms with Gasteiger partial charge in [-0.1, -0.05) is 45.9 Å². The summed E-state index contributed by atoms with van der Waals surface area (Å²) in [6.07, 6.45) is 4.54. The fourth-order valence-corrected chi connectivity index (χ4v) is 9.21. The number of alkyl carbamates (subject to hydrolysis) is 1. The number of imidazole rings is 2. The first-order valence-corrected chi connectivity index (χ1v) is 20.0. The number of likely N-dealkylation sites (tertiary alicyclic amines) is 2. The highest BCUT2D eigenvalue weighted by molar-refractivity contribution is 7.19. The van der Waals surface area contributed by atoms with E-state index >= 15 is 0 Å². The Morgan fingerprint density at radius 3 is 2.16 bits per heavy atom. The zero-order valence-corrected chi connectivity index (χ0v) is 33.3. The number of rotatable bonds is 10. The molecule has 0 spiro atoms. The number of methoxy groups -OCH3 is 1. The van der Waals surface area contributed by atoms with Crippen LogP contribution in [0, 0.1) is 18.8 Å². The second-order valence-electron chi connectivity index (χ2n) is 15.5. The number of carbonyl (C=O) groups excluding carboxylic acids is 4. The van der Waals surface area contributed by atoms with E-state index in [4.69, 9.17) is 14.7 Å². The van der Waals surface area contributed by atoms with Crippen molar-refractivity contribution in [3.05, 3.63) is 59.8 Å². The van der Waals surface area contributed by atoms with Crippen molar-refractivity contribution in [2.45, 2.75) is 91.4 Å². The van der Waals surface area contributed by atoms with Crippen LogP contribution in [0.2, 0.25) is 0 Å². The number of hydrogen-bond acceptors (Lipinski definition) is 8. The molecular weight excluding hydrogens is 717 g/mol. The van der Waals surface area contributed by atoms with Crippen LogP contribution in [0.1, 0.15) is 89.6 Å². The van der Waals surface area contributed by atoms with Gasteiger partial charge in [-0.3, -0.25) is 14.4 Å². The Hall–Kier alpha value is -5.24. The summed E-state index contributed by atoms with van der Waals surface area (Å²) in [5.74, 6) is 0.946. The number of aromatic amines is 2. The van der Waals surface area contributed by atoms with Crippen LogP contribution in [0.25, 0.3) is 42.8 Å². The number of nitrogens with zero attached hydrogens (tertiary/aromatic N) is 4. The molecule has 4 atom stereocenters. The fraction of sp³-hybridized carbons (Fsp3) is 0.463. The molecule has 55 heavy (non-hydrogen) atoms. The monoisotopic (exact) mass is 766 g/mol. The van der Waals surface area contributed by atoms with Gasteiger partial charge in [0.15, 0.2) is 0 Å². The van der Waals surface area contributed by atoms with Gasteiger partial charge in [0.2, 0.25) is 17.7 Å². The van der Waals surface area contributed by atoms with Gasteiger partial charge < -0.3 is 35.1 Å². The molecule has 2 aromatic carbocycles. The van der Waals surface area contributed by atoms with E-state index < -0.39 is 18.2 Å². The third-order valence-electron chi connectivity index (χ3n) is 10.9. The maximum absolute atomic E-state index is 13.7. The summed E-state index contributed by atoms with van der Waals surface area (Å²) in [7, 11) is 1.30. The van der Waals surface area contributed by atoms with E-state index in [1.54, 1.807) is 11.3 Å². The van der Waals surface area contributed by atoms with Crippen molar-refractivity contribution in [3.8, 4) is 21.0 Å². The molecule has 3 aromatic heterocycles. The number of aromatic nitrogens is 4. The maximum atomic E-state index is 13.7. The topological polar surface area (TPSA) is 165 Å². The maximum Gasteiger partial charge on any atom is 0.407 e. The Balaban J connectivity index is 1.11. The van der Waals surface area contributed by atoms with Gasteiger partial charge in [0.25, 0.3) is 0 Å². The third-order valence-corrected chi connectivity index (χ3v) is 12.2. The lowest BCUT2D eigenvalue weighted by molar-refractivity contribution is -0.138. The van der Waals surface area contributed by atoms with Crippen LogP contribution in [-0.4, -0.2) is 85.8 Å². The SMILES string of the molecule is COC(=O)N[C@H](C(=O)N1CCC[C@H]1c1nc2c(ccc3cc(-c4sc(-c5cnc([C@@H]6CCCN6C(=O)[C@@H](NC(C)=O)C(C)C)[nH]5)cc4C)ccc32)[nH]1)C(C)C. The molecule has 0 aliphatic carbocycles. The minimum absolute atomic E-state index is 0.0303. The van der Waals surface area contributed by atoms with Crippen molar-refractivity contribution in [2.24, 2.45) is 11.8 Å². The zero-order valence-electron chi connectivity index (χ0n) is 32.5. The number of hydrogen-bond donors (Lipinski definition) is 4. The molecular formula is C41H50N8O5S. The number of amides is 4. The van der Waals surface area contributed by atoms with Crippen LogP contribution in [-0.2, 0) is 19.1 Å². The molecule has 2 aliphatic rings. The minimum Gasteiger partial charge on any atom is -0.453 e. The van der Waals surface area contributed by atoms with E-state index in [1.165, 1.54) is 14.0 Å². The minimum atomic E-state index is -0.693. The molecule has 4 amide bonds. The second kappa shape index (κ2) is 15.5. The lowest BCUT2D eigenvalue weighted by Gasteiger charge is -2.30. The van der Waals surface area contributed by atoms with Crippen molar-refractivity contribution < 1.29 is 23.9 Å². The quantitative estimate of drug-likeness (QED) is 0.119. The number of ether oxygens (including phenoxy) is 1. The van der Waals surface area contributed by atoms with Crippen LogP contribution >= 0.6 is 11.3 Å². The molecule has 0 saturated carbocycles. The summed E-state index contributed by atoms with van der Waals surface area (Å²) in [4.78, 5) is 73.9. The van der Waals surface area contributed by atoms with Gasteiger partial charge in [0.05, 0.1) is 47.0 Å². The molecule has 2 aliphatic heterocycles. The first kappa shape index (κ1) is 38.1. The van der Waals surface area contributed by atoms with Gasteiger partial charge in [0.1, 0.15) is 23.7 Å². The molecule has 5 heterocycles. The van der Waals surface area contributed by atoms with E-state index in [9.17, 15) is 19.2 Å². The van der Waals surface area contributed by atoms with Crippen LogP contribution in [0.4, 0.5) is 4.79 Å². The predicted octanol–water partition coefficient (Wildman–Crippen LogP) is 7.01. The van der Waals surface area contributed by atoms with Crippen molar-refractivity contribution in [1.82, 2.24) is 40.4 Å². The highest BCUT2D eigenvalue weighted by Gasteiger charge is 2.39. The molecule has 0 radical (unpaired) electrons. The first-order valence-electron chi connectivity index (χ1n) is 19.2. The molecule has 2 saturated heterocycles. The molecule has 0 unspecified atom stereocenters. The van der Waals surface area contributed by atoms with E-state index in [-0.39, 0.29) is 41.6 Å². The Labute approximate surface area is 324 Å². The van der Waals surface area contributed by atoms with Gasteiger partial charge in [-0.2, -0.15) is 0 Å². The van der Waals surface area contributed by atoms with E-state index in [1.807, 2.05) is 49.8 Å². The van der Waals surface area contributed by atoms with Crippen LogP contribution in [0.15, 0.2) is 42.6 Å². The normalized spacial score (nSPS) is 18.4. The lowest BCUT2D eigenvalue weighted by Crippen LogP contribution is -2.51. The van der Waals surface area contributed by atoms with Crippen molar-refractivity contribution in [2.75, 3.05) is 20.2 Å². The number of thiophene rings is 1. The molecule has 5 aromatic rings. The van der Waals surface area contributed by atoms with Crippen molar-refractivity contribution in [1.29, 1.82) is 0 Å². The highest BCUT2D eigenvalue weighted by Crippen LogP contribution is 2.41. The van der Waals surface area contributed by atoms with Gasteiger partial charge in [-0.05, 0) is 79.2 Å². The van der Waals surface area contributed by atoms with Crippen LogP contribution in [0.5, 0.6) is 0 Å². The lowest BCUT2D eigenvalue weighted by atomic mass is 10.0. The fourth-order valence-electron chi connectivity index (χ4n) is 8.07. The highest BCUT2D eigenvalue weighted by atomic mass is 32.1. The number of carbonyl (C=O) groups is 4. The summed E-state index contributed by atoms with van der Waals surface area (Å²) < 4.78 is 4.79. The Morgan fingerprint density at radius 2 is 1.53 bits per heavy atom. The molecule has 13 nitrogen and oxygen atoms in total. The van der Waals surface area contributed by atoms with Crippen molar-refractivity contribution >= 4 is 57.0 Å². The average Bonchev–Trinajstić information content (AvgIpc) is 4.00. The van der Waals surface area contributed by atoms with Gasteiger partial charge >= 0.3 is 6.09 Å². The Morgan fingerprint density at radius 1 is 0.873 bits per heavy atom. The molecule has 7 rings (SSSR count). The second-order valence-corrected chi connectivity index (χ2v) is 16.5. The number of nitrogens with one attached hydrogen (secondary N) is 4. The van der Waals surface area contributed by atoms with Crippen LogP contribution < -0.4 is 10.6 Å². The largest absolute Gasteiger partial charge is 0.453 e. The zero-order chi connectivity index (χ0) is 39.1. The summed E-state index contributed by atoms with van der Waals surface area (Å²) in [6, 6.07) is 11.1.